The number of anilines is 2. The van der Waals surface area contributed by atoms with Crippen LogP contribution < -0.4 is 9.80 Å². The highest BCUT2D eigenvalue weighted by Crippen LogP contribution is 2.39. The number of halogens is 1. The van der Waals surface area contributed by atoms with E-state index in [2.05, 4.69) is 25.8 Å². The molecule has 3 heterocycles. The van der Waals surface area contributed by atoms with E-state index in [1.54, 1.807) is 6.07 Å². The number of nitrogens with zero attached hydrogens (tertiary/aromatic N) is 5. The van der Waals surface area contributed by atoms with Crippen molar-refractivity contribution in [2.45, 2.75) is 25.8 Å². The quantitative estimate of drug-likeness (QED) is 0.828. The molecule has 4 rings (SSSR count). The van der Waals surface area contributed by atoms with Crippen LogP contribution in [-0.2, 0) is 0 Å². The summed E-state index contributed by atoms with van der Waals surface area (Å²) in [6.07, 6.45) is 4.18. The van der Waals surface area contributed by atoms with E-state index in [0.29, 0.717) is 22.5 Å². The van der Waals surface area contributed by atoms with E-state index < -0.39 is 0 Å². The smallest absolute Gasteiger partial charge is 0.132 e. The molecule has 1 aromatic heterocycles. The van der Waals surface area contributed by atoms with Crippen LogP contribution in [0.5, 0.6) is 0 Å². The van der Waals surface area contributed by atoms with Gasteiger partial charge in [-0.1, -0.05) is 11.6 Å². The molecule has 6 heteroatoms. The molecule has 128 valence electrons. The number of rotatable bonds is 2. The topological polar surface area (TPSA) is 56.1 Å². The number of fused-ring (bicyclic) bond motifs is 1. The van der Waals surface area contributed by atoms with Gasteiger partial charge in [-0.3, -0.25) is 0 Å². The van der Waals surface area contributed by atoms with Crippen molar-refractivity contribution in [3.8, 4) is 6.07 Å². The van der Waals surface area contributed by atoms with Gasteiger partial charge in [0.25, 0.3) is 0 Å². The Balaban J connectivity index is 1.59. The highest BCUT2D eigenvalue weighted by molar-refractivity contribution is 6.33. The van der Waals surface area contributed by atoms with E-state index in [4.69, 9.17) is 16.9 Å². The van der Waals surface area contributed by atoms with E-state index in [0.717, 1.165) is 43.4 Å². The molecule has 2 fully saturated rings. The summed E-state index contributed by atoms with van der Waals surface area (Å²) in [4.78, 5) is 13.5. The zero-order valence-corrected chi connectivity index (χ0v) is 14.9. The van der Waals surface area contributed by atoms with Gasteiger partial charge in [0.05, 0.1) is 22.3 Å². The maximum atomic E-state index is 9.05. The number of aryl methyl sites for hydroxylation is 1. The van der Waals surface area contributed by atoms with Crippen LogP contribution in [0, 0.1) is 24.2 Å². The Kier molecular flexibility index (Phi) is 4.22. The maximum absolute atomic E-state index is 9.05. The van der Waals surface area contributed by atoms with Crippen molar-refractivity contribution in [3.63, 3.8) is 0 Å². The summed E-state index contributed by atoms with van der Waals surface area (Å²) in [6, 6.07) is 10.2. The Morgan fingerprint density at radius 1 is 1.24 bits per heavy atom. The molecule has 25 heavy (non-hydrogen) atoms. The Morgan fingerprint density at radius 2 is 2.08 bits per heavy atom. The third-order valence-electron chi connectivity index (χ3n) is 5.33. The zero-order chi connectivity index (χ0) is 17.4. The third-order valence-corrected chi connectivity index (χ3v) is 5.64. The average molecular weight is 354 g/mol. The fourth-order valence-corrected chi connectivity index (χ4v) is 4.37. The first-order valence-corrected chi connectivity index (χ1v) is 9.04. The van der Waals surface area contributed by atoms with Gasteiger partial charge in [-0.05, 0) is 49.9 Å². The summed E-state index contributed by atoms with van der Waals surface area (Å²) in [7, 11) is 0. The lowest BCUT2D eigenvalue weighted by molar-refractivity contribution is 0.389. The van der Waals surface area contributed by atoms with Crippen LogP contribution in [0.3, 0.4) is 0 Å². The molecule has 0 aliphatic carbocycles. The first-order valence-electron chi connectivity index (χ1n) is 8.66. The summed E-state index contributed by atoms with van der Waals surface area (Å²) in [5, 5.41) is 9.71. The summed E-state index contributed by atoms with van der Waals surface area (Å²) in [5.41, 5.74) is 1.64. The van der Waals surface area contributed by atoms with Crippen molar-refractivity contribution in [2.24, 2.45) is 5.92 Å². The normalized spacial score (nSPS) is 22.6. The molecule has 0 saturated carbocycles. The Hall–Kier alpha value is -2.32. The van der Waals surface area contributed by atoms with E-state index >= 15 is 0 Å². The number of benzene rings is 1. The molecule has 2 saturated heterocycles. The summed E-state index contributed by atoms with van der Waals surface area (Å²) in [5.74, 6) is 2.49. The summed E-state index contributed by atoms with van der Waals surface area (Å²) in [6.45, 7) is 4.91. The predicted octanol–water partition coefficient (Wildman–Crippen LogP) is 3.42. The predicted molar refractivity (Wildman–Crippen MR) is 99.0 cm³/mol. The van der Waals surface area contributed by atoms with Crippen molar-refractivity contribution in [1.29, 1.82) is 5.26 Å². The largest absolute Gasteiger partial charge is 0.365 e. The zero-order valence-electron chi connectivity index (χ0n) is 14.2. The van der Waals surface area contributed by atoms with Gasteiger partial charge >= 0.3 is 0 Å². The number of hydrogen-bond donors (Lipinski definition) is 0. The molecule has 0 radical (unpaired) electrons. The molecule has 2 aromatic rings. The fraction of sp³-hybridized carbons (Fsp3) is 0.421. The second kappa shape index (κ2) is 6.53. The van der Waals surface area contributed by atoms with Crippen molar-refractivity contribution < 1.29 is 0 Å². The maximum Gasteiger partial charge on any atom is 0.132 e. The van der Waals surface area contributed by atoms with Crippen molar-refractivity contribution >= 4 is 23.1 Å². The monoisotopic (exact) mass is 353 g/mol. The first-order chi connectivity index (χ1) is 12.2. The van der Waals surface area contributed by atoms with Gasteiger partial charge in [0, 0.05) is 31.9 Å². The highest BCUT2D eigenvalue weighted by Gasteiger charge is 2.39. The highest BCUT2D eigenvalue weighted by atomic mass is 35.5. The molecule has 0 amide bonds. The Bertz CT molecular complexity index is 831. The number of nitriles is 1. The van der Waals surface area contributed by atoms with Crippen LogP contribution in [0.15, 0.2) is 30.5 Å². The molecular formula is C19H20ClN5. The number of aromatic nitrogens is 2. The van der Waals surface area contributed by atoms with E-state index in [1.807, 2.05) is 31.3 Å². The van der Waals surface area contributed by atoms with Gasteiger partial charge in [-0.2, -0.15) is 5.26 Å². The van der Waals surface area contributed by atoms with Gasteiger partial charge in [-0.25, -0.2) is 9.97 Å². The standard InChI is InChI=1S/C19H20ClN5/c1-13-22-7-4-19(23-13)24-8-5-15-6-9-25(18(15)12-24)17-3-2-14(11-21)10-16(17)20/h2-4,7,10,15,18H,5-6,8-9,12H2,1H3. The van der Waals surface area contributed by atoms with Crippen LogP contribution in [-0.4, -0.2) is 35.6 Å². The molecule has 2 aliphatic heterocycles. The minimum Gasteiger partial charge on any atom is -0.365 e. The molecule has 2 aliphatic rings. The summed E-state index contributed by atoms with van der Waals surface area (Å²) < 4.78 is 0. The van der Waals surface area contributed by atoms with Gasteiger partial charge in [0.15, 0.2) is 0 Å². The molecule has 1 aromatic carbocycles. The summed E-state index contributed by atoms with van der Waals surface area (Å²) >= 11 is 6.47. The Morgan fingerprint density at radius 3 is 2.84 bits per heavy atom. The van der Waals surface area contributed by atoms with E-state index in [-0.39, 0.29) is 0 Å². The van der Waals surface area contributed by atoms with Crippen molar-refractivity contribution in [1.82, 2.24) is 9.97 Å². The molecule has 2 atom stereocenters. The van der Waals surface area contributed by atoms with Crippen LogP contribution in [0.1, 0.15) is 24.2 Å². The van der Waals surface area contributed by atoms with E-state index in [9.17, 15) is 0 Å². The van der Waals surface area contributed by atoms with Gasteiger partial charge in [0.1, 0.15) is 11.6 Å². The third kappa shape index (κ3) is 3.03. The minimum atomic E-state index is 0.425. The van der Waals surface area contributed by atoms with Gasteiger partial charge in [0.2, 0.25) is 0 Å². The lowest BCUT2D eigenvalue weighted by Gasteiger charge is -2.40. The van der Waals surface area contributed by atoms with Crippen LogP contribution in [0.2, 0.25) is 5.02 Å². The molecule has 0 spiro atoms. The van der Waals surface area contributed by atoms with Crippen molar-refractivity contribution in [2.75, 3.05) is 29.4 Å². The molecule has 0 N–H and O–H groups in total. The lowest BCUT2D eigenvalue weighted by Crippen LogP contribution is -2.48. The fourth-order valence-electron chi connectivity index (χ4n) is 4.08. The Labute approximate surface area is 152 Å². The van der Waals surface area contributed by atoms with E-state index in [1.165, 1.54) is 6.42 Å². The van der Waals surface area contributed by atoms with Gasteiger partial charge < -0.3 is 9.80 Å². The molecule has 5 nitrogen and oxygen atoms in total. The lowest BCUT2D eigenvalue weighted by atomic mass is 9.92. The molecule has 0 bridgehead atoms. The molecule has 2 unspecified atom stereocenters. The SMILES string of the molecule is Cc1nccc(N2CCC3CCN(c4ccc(C#N)cc4Cl)C3C2)n1. The van der Waals surface area contributed by atoms with Crippen molar-refractivity contribution in [3.05, 3.63) is 46.9 Å². The average Bonchev–Trinajstić information content (AvgIpc) is 3.04. The van der Waals surface area contributed by atoms with Gasteiger partial charge in [-0.15, -0.1) is 0 Å². The number of hydrogen-bond acceptors (Lipinski definition) is 5. The van der Waals surface area contributed by atoms with Crippen LogP contribution in [0.4, 0.5) is 11.5 Å². The first kappa shape index (κ1) is 16.2. The van der Waals surface area contributed by atoms with Crippen LogP contribution >= 0.6 is 11.6 Å². The number of piperidine rings is 1. The second-order valence-electron chi connectivity index (χ2n) is 6.78. The molecular weight excluding hydrogens is 334 g/mol. The van der Waals surface area contributed by atoms with Crippen LogP contribution in [0.25, 0.3) is 0 Å². The minimum absolute atomic E-state index is 0.425. The second-order valence-corrected chi connectivity index (χ2v) is 7.19.